The number of aromatic nitrogens is 1. The first-order valence-electron chi connectivity index (χ1n) is 5.43. The number of nitrogens with two attached hydrogens (primary N) is 1. The number of carbonyl (C=O) groups excluding carboxylic acids is 1. The lowest BCUT2D eigenvalue weighted by Gasteiger charge is -2.07. The van der Waals surface area contributed by atoms with Crippen LogP contribution in [0.2, 0.25) is 0 Å². The van der Waals surface area contributed by atoms with Crippen molar-refractivity contribution in [1.82, 2.24) is 4.98 Å². The fourth-order valence-electron chi connectivity index (χ4n) is 1.44. The number of methoxy groups -OCH3 is 1. The lowest BCUT2D eigenvalue weighted by atomic mass is 10.3. The van der Waals surface area contributed by atoms with E-state index in [9.17, 15) is 4.79 Å². The number of anilines is 1. The minimum absolute atomic E-state index is 0.264. The van der Waals surface area contributed by atoms with E-state index in [1.54, 1.807) is 30.7 Å². The van der Waals surface area contributed by atoms with E-state index >= 15 is 0 Å². The SMILES string of the molecule is COc1cc(NC(=O)c2csc(CN)n2)ccc1Br. The van der Waals surface area contributed by atoms with Crippen molar-refractivity contribution in [3.63, 3.8) is 0 Å². The zero-order chi connectivity index (χ0) is 13.8. The topological polar surface area (TPSA) is 77.2 Å². The molecule has 0 radical (unpaired) electrons. The Hall–Kier alpha value is -1.44. The van der Waals surface area contributed by atoms with Crippen LogP contribution < -0.4 is 15.8 Å². The number of thiazole rings is 1. The van der Waals surface area contributed by atoms with Gasteiger partial charge in [-0.25, -0.2) is 4.98 Å². The van der Waals surface area contributed by atoms with Crippen LogP contribution in [-0.2, 0) is 6.54 Å². The molecule has 2 rings (SSSR count). The maximum absolute atomic E-state index is 12.0. The second kappa shape index (κ2) is 6.14. The lowest BCUT2D eigenvalue weighted by molar-refractivity contribution is 0.102. The number of hydrogen-bond donors (Lipinski definition) is 2. The van der Waals surface area contributed by atoms with Gasteiger partial charge in [0.25, 0.3) is 5.91 Å². The third kappa shape index (κ3) is 3.31. The molecule has 0 aliphatic rings. The summed E-state index contributed by atoms with van der Waals surface area (Å²) in [5.74, 6) is 0.388. The van der Waals surface area contributed by atoms with Crippen LogP contribution in [0.3, 0.4) is 0 Å². The van der Waals surface area contributed by atoms with Gasteiger partial charge in [0.1, 0.15) is 16.5 Å². The lowest BCUT2D eigenvalue weighted by Crippen LogP contribution is -2.12. The van der Waals surface area contributed by atoms with E-state index in [1.807, 2.05) is 0 Å². The third-order valence-electron chi connectivity index (χ3n) is 2.37. The predicted molar refractivity (Wildman–Crippen MR) is 78.7 cm³/mol. The van der Waals surface area contributed by atoms with E-state index in [0.717, 1.165) is 9.48 Å². The first-order chi connectivity index (χ1) is 9.13. The van der Waals surface area contributed by atoms with Crippen molar-refractivity contribution in [3.8, 4) is 5.75 Å². The van der Waals surface area contributed by atoms with Gasteiger partial charge < -0.3 is 15.8 Å². The molecule has 0 fully saturated rings. The molecule has 0 saturated carbocycles. The molecule has 0 unspecified atom stereocenters. The Morgan fingerprint density at radius 1 is 1.58 bits per heavy atom. The van der Waals surface area contributed by atoms with Crippen LogP contribution in [0, 0.1) is 0 Å². The highest BCUT2D eigenvalue weighted by atomic mass is 79.9. The van der Waals surface area contributed by atoms with E-state index in [2.05, 4.69) is 26.2 Å². The molecule has 0 atom stereocenters. The second-order valence-corrected chi connectivity index (χ2v) is 5.43. The van der Waals surface area contributed by atoms with Crippen molar-refractivity contribution in [3.05, 3.63) is 38.8 Å². The molecule has 1 aromatic carbocycles. The van der Waals surface area contributed by atoms with Gasteiger partial charge in [-0.05, 0) is 28.1 Å². The molecule has 100 valence electrons. The normalized spacial score (nSPS) is 10.3. The summed E-state index contributed by atoms with van der Waals surface area (Å²) in [6, 6.07) is 5.32. The minimum Gasteiger partial charge on any atom is -0.495 e. The number of nitrogens with one attached hydrogen (secondary N) is 1. The van der Waals surface area contributed by atoms with Gasteiger partial charge in [0, 0.05) is 23.7 Å². The number of halogens is 1. The van der Waals surface area contributed by atoms with Gasteiger partial charge in [-0.15, -0.1) is 11.3 Å². The van der Waals surface area contributed by atoms with Crippen molar-refractivity contribution in [2.75, 3.05) is 12.4 Å². The minimum atomic E-state index is -0.264. The van der Waals surface area contributed by atoms with Gasteiger partial charge in [-0.2, -0.15) is 0 Å². The highest BCUT2D eigenvalue weighted by molar-refractivity contribution is 9.10. The Bertz CT molecular complexity index is 600. The van der Waals surface area contributed by atoms with Gasteiger partial charge in [0.2, 0.25) is 0 Å². The summed E-state index contributed by atoms with van der Waals surface area (Å²) in [4.78, 5) is 16.1. The molecule has 0 aliphatic heterocycles. The Morgan fingerprint density at radius 2 is 2.37 bits per heavy atom. The molecule has 1 aromatic heterocycles. The maximum Gasteiger partial charge on any atom is 0.275 e. The highest BCUT2D eigenvalue weighted by Gasteiger charge is 2.11. The van der Waals surface area contributed by atoms with Crippen LogP contribution >= 0.6 is 27.3 Å². The standard InChI is InChI=1S/C12H12BrN3O2S/c1-18-10-4-7(2-3-8(10)13)15-12(17)9-6-19-11(5-14)16-9/h2-4,6H,5,14H2,1H3,(H,15,17). The van der Waals surface area contributed by atoms with Crippen LogP contribution in [0.1, 0.15) is 15.5 Å². The van der Waals surface area contributed by atoms with Gasteiger partial charge in [0.15, 0.2) is 0 Å². The molecule has 1 amide bonds. The van der Waals surface area contributed by atoms with Crippen molar-refractivity contribution in [1.29, 1.82) is 0 Å². The highest BCUT2D eigenvalue weighted by Crippen LogP contribution is 2.28. The van der Waals surface area contributed by atoms with Crippen molar-refractivity contribution in [2.45, 2.75) is 6.54 Å². The smallest absolute Gasteiger partial charge is 0.275 e. The zero-order valence-electron chi connectivity index (χ0n) is 10.1. The molecular weight excluding hydrogens is 330 g/mol. The molecule has 3 N–H and O–H groups in total. The van der Waals surface area contributed by atoms with Crippen LogP contribution in [0.25, 0.3) is 0 Å². The first-order valence-corrected chi connectivity index (χ1v) is 7.10. The van der Waals surface area contributed by atoms with E-state index < -0.39 is 0 Å². The predicted octanol–water partition coefficient (Wildman–Crippen LogP) is 2.63. The average Bonchev–Trinajstić information content (AvgIpc) is 2.90. The molecule has 0 saturated heterocycles. The Morgan fingerprint density at radius 3 is 3.00 bits per heavy atom. The van der Waals surface area contributed by atoms with Gasteiger partial charge in [-0.1, -0.05) is 0 Å². The van der Waals surface area contributed by atoms with Crippen LogP contribution in [-0.4, -0.2) is 18.0 Å². The summed E-state index contributed by atoms with van der Waals surface area (Å²) in [7, 11) is 1.57. The third-order valence-corrected chi connectivity index (χ3v) is 3.89. The molecule has 5 nitrogen and oxygen atoms in total. The first kappa shape index (κ1) is 14.0. The summed E-state index contributed by atoms with van der Waals surface area (Å²) in [5, 5.41) is 5.18. The Labute approximate surface area is 122 Å². The maximum atomic E-state index is 12.0. The molecule has 0 bridgehead atoms. The molecule has 2 aromatic rings. The number of ether oxygens (including phenoxy) is 1. The van der Waals surface area contributed by atoms with Crippen LogP contribution in [0.5, 0.6) is 5.75 Å². The number of hydrogen-bond acceptors (Lipinski definition) is 5. The Balaban J connectivity index is 2.14. The summed E-state index contributed by atoms with van der Waals surface area (Å²) < 4.78 is 5.99. The number of benzene rings is 1. The largest absolute Gasteiger partial charge is 0.495 e. The monoisotopic (exact) mass is 341 g/mol. The van der Waals surface area contributed by atoms with E-state index in [0.29, 0.717) is 23.7 Å². The quantitative estimate of drug-likeness (QED) is 0.895. The van der Waals surface area contributed by atoms with Crippen molar-refractivity contribution >= 4 is 38.9 Å². The second-order valence-electron chi connectivity index (χ2n) is 3.63. The molecule has 0 spiro atoms. The fraction of sp³-hybridized carbons (Fsp3) is 0.167. The van der Waals surface area contributed by atoms with Crippen LogP contribution in [0.15, 0.2) is 28.1 Å². The fourth-order valence-corrected chi connectivity index (χ4v) is 2.50. The molecule has 1 heterocycles. The van der Waals surface area contributed by atoms with Crippen molar-refractivity contribution < 1.29 is 9.53 Å². The summed E-state index contributed by atoms with van der Waals surface area (Å²) in [5.41, 5.74) is 6.48. The Kier molecular flexibility index (Phi) is 4.52. The molecule has 0 aliphatic carbocycles. The molecular formula is C12H12BrN3O2S. The summed E-state index contributed by atoms with van der Waals surface area (Å²) in [6.45, 7) is 0.337. The van der Waals surface area contributed by atoms with Crippen LogP contribution in [0.4, 0.5) is 5.69 Å². The molecule has 7 heteroatoms. The number of rotatable bonds is 4. The van der Waals surface area contributed by atoms with Gasteiger partial charge in [-0.3, -0.25) is 4.79 Å². The van der Waals surface area contributed by atoms with E-state index in [4.69, 9.17) is 10.5 Å². The summed E-state index contributed by atoms with van der Waals surface area (Å²) in [6.07, 6.45) is 0. The molecule has 19 heavy (non-hydrogen) atoms. The number of amides is 1. The van der Waals surface area contributed by atoms with E-state index in [-0.39, 0.29) is 5.91 Å². The zero-order valence-corrected chi connectivity index (χ0v) is 12.5. The number of nitrogens with zero attached hydrogens (tertiary/aromatic N) is 1. The summed E-state index contributed by atoms with van der Waals surface area (Å²) >= 11 is 4.72. The average molecular weight is 342 g/mol. The number of carbonyl (C=O) groups is 1. The van der Waals surface area contributed by atoms with Crippen molar-refractivity contribution in [2.24, 2.45) is 5.73 Å². The van der Waals surface area contributed by atoms with Gasteiger partial charge >= 0.3 is 0 Å². The van der Waals surface area contributed by atoms with Gasteiger partial charge in [0.05, 0.1) is 11.6 Å². The van der Waals surface area contributed by atoms with E-state index in [1.165, 1.54) is 11.3 Å².